The van der Waals surface area contributed by atoms with Gasteiger partial charge in [-0.05, 0) is 30.7 Å². The molecular formula is C17H17F3N2. The average Bonchev–Trinajstić information content (AvgIpc) is 2.94. The largest absolute Gasteiger partial charge is 0.416 e. The molecule has 0 atom stereocenters. The van der Waals surface area contributed by atoms with Crippen LogP contribution in [0.15, 0.2) is 48.8 Å². The van der Waals surface area contributed by atoms with E-state index < -0.39 is 11.7 Å². The molecule has 2 heterocycles. The number of benzene rings is 1. The van der Waals surface area contributed by atoms with E-state index in [0.29, 0.717) is 5.56 Å². The van der Waals surface area contributed by atoms with E-state index >= 15 is 0 Å². The Morgan fingerprint density at radius 3 is 2.23 bits per heavy atom. The Bertz CT molecular complexity index is 756. The van der Waals surface area contributed by atoms with Gasteiger partial charge in [-0.2, -0.15) is 13.2 Å². The molecule has 5 heteroatoms. The van der Waals surface area contributed by atoms with Gasteiger partial charge in [0.15, 0.2) is 0 Å². The van der Waals surface area contributed by atoms with Crippen molar-refractivity contribution in [1.29, 1.82) is 0 Å². The summed E-state index contributed by atoms with van der Waals surface area (Å²) in [5, 5.41) is 0. The molecule has 0 aliphatic heterocycles. The highest BCUT2D eigenvalue weighted by molar-refractivity contribution is 5.65. The van der Waals surface area contributed by atoms with Gasteiger partial charge in [0.05, 0.1) is 17.5 Å². The average molecular weight is 306 g/mol. The first-order valence-corrected chi connectivity index (χ1v) is 7.07. The lowest BCUT2D eigenvalue weighted by molar-refractivity contribution is -0.137. The van der Waals surface area contributed by atoms with E-state index in [0.717, 1.165) is 29.0 Å². The fourth-order valence-electron chi connectivity index (χ4n) is 2.20. The Labute approximate surface area is 127 Å². The number of hydrogen-bond acceptors (Lipinski definition) is 1. The van der Waals surface area contributed by atoms with Crippen LogP contribution >= 0.6 is 0 Å². The maximum atomic E-state index is 12.6. The summed E-state index contributed by atoms with van der Waals surface area (Å²) in [6, 6.07) is 8.94. The molecule has 1 aromatic carbocycles. The molecule has 0 bridgehead atoms. The predicted molar refractivity (Wildman–Crippen MR) is 81.7 cm³/mol. The van der Waals surface area contributed by atoms with Crippen LogP contribution in [0.25, 0.3) is 16.9 Å². The molecule has 2 nitrogen and oxygen atoms in total. The monoisotopic (exact) mass is 306 g/mol. The number of hydrogen-bond donors (Lipinski definition) is 0. The lowest BCUT2D eigenvalue weighted by Gasteiger charge is -2.07. The van der Waals surface area contributed by atoms with Gasteiger partial charge in [-0.3, -0.25) is 4.40 Å². The summed E-state index contributed by atoms with van der Waals surface area (Å²) >= 11 is 0. The van der Waals surface area contributed by atoms with Gasteiger partial charge in [0.25, 0.3) is 0 Å². The highest BCUT2D eigenvalue weighted by Crippen LogP contribution is 2.31. The molecule has 116 valence electrons. The first-order chi connectivity index (χ1) is 10.5. The van der Waals surface area contributed by atoms with Crippen molar-refractivity contribution in [1.82, 2.24) is 9.38 Å². The van der Waals surface area contributed by atoms with Crippen LogP contribution in [0, 0.1) is 6.92 Å². The molecule has 3 aromatic rings. The molecule has 0 aliphatic rings. The first kappa shape index (κ1) is 16.1. The van der Waals surface area contributed by atoms with Crippen LogP contribution in [-0.4, -0.2) is 9.38 Å². The van der Waals surface area contributed by atoms with Crippen LogP contribution in [0.5, 0.6) is 0 Å². The third-order valence-electron chi connectivity index (χ3n) is 3.24. The van der Waals surface area contributed by atoms with Crippen molar-refractivity contribution in [3.05, 3.63) is 59.9 Å². The Kier molecular flexibility index (Phi) is 4.54. The topological polar surface area (TPSA) is 17.3 Å². The number of aryl methyl sites for hydroxylation is 1. The van der Waals surface area contributed by atoms with E-state index in [9.17, 15) is 13.2 Å². The van der Waals surface area contributed by atoms with Gasteiger partial charge in [-0.25, -0.2) is 4.98 Å². The molecule has 0 saturated carbocycles. The Balaban J connectivity index is 0.000000847. The number of aromatic nitrogens is 2. The molecule has 0 spiro atoms. The highest BCUT2D eigenvalue weighted by Gasteiger charge is 2.30. The lowest BCUT2D eigenvalue weighted by Crippen LogP contribution is -2.04. The predicted octanol–water partition coefficient (Wildman–Crippen LogP) is 5.35. The second-order valence-corrected chi connectivity index (χ2v) is 4.60. The molecule has 22 heavy (non-hydrogen) atoms. The van der Waals surface area contributed by atoms with Crippen molar-refractivity contribution < 1.29 is 13.2 Å². The van der Waals surface area contributed by atoms with Gasteiger partial charge in [-0.1, -0.05) is 32.0 Å². The number of halogens is 3. The number of pyridine rings is 1. The van der Waals surface area contributed by atoms with Crippen molar-refractivity contribution in [2.24, 2.45) is 0 Å². The normalized spacial score (nSPS) is 11.2. The van der Waals surface area contributed by atoms with Gasteiger partial charge in [0.2, 0.25) is 0 Å². The van der Waals surface area contributed by atoms with E-state index in [1.165, 1.54) is 12.1 Å². The molecule has 0 fully saturated rings. The van der Waals surface area contributed by atoms with Crippen molar-refractivity contribution in [3.63, 3.8) is 0 Å². The van der Waals surface area contributed by atoms with E-state index in [1.54, 1.807) is 6.20 Å². The van der Waals surface area contributed by atoms with Gasteiger partial charge in [0.1, 0.15) is 5.65 Å². The maximum Gasteiger partial charge on any atom is 0.416 e. The Morgan fingerprint density at radius 2 is 1.64 bits per heavy atom. The smallest absolute Gasteiger partial charge is 0.299 e. The quantitative estimate of drug-likeness (QED) is 0.592. The summed E-state index contributed by atoms with van der Waals surface area (Å²) in [6.07, 6.45) is -0.790. The van der Waals surface area contributed by atoms with Crippen LogP contribution in [0.4, 0.5) is 13.2 Å². The van der Waals surface area contributed by atoms with Crippen LogP contribution < -0.4 is 0 Å². The third kappa shape index (κ3) is 2.98. The van der Waals surface area contributed by atoms with Gasteiger partial charge in [-0.15, -0.1) is 0 Å². The molecule has 0 amide bonds. The number of rotatable bonds is 1. The minimum absolute atomic E-state index is 0.647. The molecule has 3 rings (SSSR count). The minimum atomic E-state index is -4.31. The molecule has 0 aliphatic carbocycles. The standard InChI is InChI=1S/C15H11F3N2.C2H6/c1-10-3-2-8-20-13(9-19-14(10)20)11-4-6-12(7-5-11)15(16,17)18;1-2/h2-9H,1H3;1-2H3. The van der Waals surface area contributed by atoms with Crippen molar-refractivity contribution >= 4 is 5.65 Å². The molecule has 2 aromatic heterocycles. The summed E-state index contributed by atoms with van der Waals surface area (Å²) in [7, 11) is 0. The molecule has 0 N–H and O–H groups in total. The van der Waals surface area contributed by atoms with Crippen molar-refractivity contribution in [2.75, 3.05) is 0 Å². The number of alkyl halides is 3. The minimum Gasteiger partial charge on any atom is -0.299 e. The number of fused-ring (bicyclic) bond motifs is 1. The summed E-state index contributed by atoms with van der Waals surface area (Å²) in [6.45, 7) is 5.94. The van der Waals surface area contributed by atoms with Crippen molar-refractivity contribution in [2.45, 2.75) is 26.9 Å². The van der Waals surface area contributed by atoms with E-state index in [1.807, 2.05) is 43.5 Å². The fraction of sp³-hybridized carbons (Fsp3) is 0.235. The molecular weight excluding hydrogens is 289 g/mol. The first-order valence-electron chi connectivity index (χ1n) is 7.07. The second-order valence-electron chi connectivity index (χ2n) is 4.60. The summed E-state index contributed by atoms with van der Waals surface area (Å²) in [5.74, 6) is 0. The van der Waals surface area contributed by atoms with E-state index in [2.05, 4.69) is 4.98 Å². The maximum absolute atomic E-state index is 12.6. The Hall–Kier alpha value is -2.30. The van der Waals surface area contributed by atoms with Gasteiger partial charge in [0, 0.05) is 11.8 Å². The lowest BCUT2D eigenvalue weighted by atomic mass is 10.1. The zero-order valence-corrected chi connectivity index (χ0v) is 12.6. The summed E-state index contributed by atoms with van der Waals surface area (Å²) in [4.78, 5) is 4.31. The Morgan fingerprint density at radius 1 is 1.00 bits per heavy atom. The zero-order valence-electron chi connectivity index (χ0n) is 12.6. The van der Waals surface area contributed by atoms with Crippen molar-refractivity contribution in [3.8, 4) is 11.3 Å². The van der Waals surface area contributed by atoms with E-state index in [4.69, 9.17) is 0 Å². The highest BCUT2D eigenvalue weighted by atomic mass is 19.4. The second kappa shape index (κ2) is 6.22. The summed E-state index contributed by atoms with van der Waals surface area (Å²) < 4.78 is 39.5. The van der Waals surface area contributed by atoms with Crippen LogP contribution in [-0.2, 0) is 6.18 Å². The van der Waals surface area contributed by atoms with Gasteiger partial charge < -0.3 is 0 Å². The van der Waals surface area contributed by atoms with Crippen LogP contribution in [0.3, 0.4) is 0 Å². The molecule has 0 saturated heterocycles. The molecule has 0 unspecified atom stereocenters. The van der Waals surface area contributed by atoms with Gasteiger partial charge >= 0.3 is 6.18 Å². The molecule has 0 radical (unpaired) electrons. The number of imidazole rings is 1. The zero-order chi connectivity index (χ0) is 16.3. The van der Waals surface area contributed by atoms with Crippen LogP contribution in [0.2, 0.25) is 0 Å². The van der Waals surface area contributed by atoms with E-state index in [-0.39, 0.29) is 0 Å². The summed E-state index contributed by atoms with van der Waals surface area (Å²) in [5.41, 5.74) is 2.66. The fourth-order valence-corrected chi connectivity index (χ4v) is 2.20. The van der Waals surface area contributed by atoms with Crippen LogP contribution in [0.1, 0.15) is 25.0 Å². The third-order valence-corrected chi connectivity index (χ3v) is 3.24. The number of nitrogens with zero attached hydrogens (tertiary/aromatic N) is 2. The SMILES string of the molecule is CC.Cc1cccn2c(-c3ccc(C(F)(F)F)cc3)cnc12.